The Morgan fingerprint density at radius 1 is 1.40 bits per heavy atom. The second-order valence-corrected chi connectivity index (χ2v) is 3.68. The lowest BCUT2D eigenvalue weighted by Gasteiger charge is -1.98. The summed E-state index contributed by atoms with van der Waals surface area (Å²) in [5.41, 5.74) is 3.79. The molecule has 0 aliphatic heterocycles. The van der Waals surface area contributed by atoms with Gasteiger partial charge in [0.15, 0.2) is 0 Å². The number of H-pyrrole nitrogens is 1. The molecule has 0 amide bonds. The maximum atomic E-state index is 6.81. The van der Waals surface area contributed by atoms with Gasteiger partial charge in [-0.3, -0.25) is 0 Å². The van der Waals surface area contributed by atoms with E-state index in [4.69, 9.17) is 6.57 Å². The van der Waals surface area contributed by atoms with Crippen molar-refractivity contribution < 1.29 is 0 Å². The van der Waals surface area contributed by atoms with Gasteiger partial charge in [0.2, 0.25) is 6.54 Å². The molecular weight excluding hydrogens is 184 g/mol. The summed E-state index contributed by atoms with van der Waals surface area (Å²) in [6, 6.07) is 6.50. The average Bonchev–Trinajstić information content (AvgIpc) is 2.68. The molecule has 0 unspecified atom stereocenters. The molecule has 0 fully saturated rings. The summed E-state index contributed by atoms with van der Waals surface area (Å²) in [7, 11) is 0. The number of nitrogens with one attached hydrogen (secondary N) is 1. The van der Waals surface area contributed by atoms with Crippen molar-refractivity contribution in [2.45, 2.75) is 19.8 Å². The number of hydrogen-bond acceptors (Lipinski definition) is 0. The van der Waals surface area contributed by atoms with Crippen LogP contribution in [0.2, 0.25) is 0 Å². The third-order valence-corrected chi connectivity index (χ3v) is 2.73. The Labute approximate surface area is 89.7 Å². The Bertz CT molecular complexity index is 503. The third kappa shape index (κ3) is 1.87. The van der Waals surface area contributed by atoms with E-state index in [1.54, 1.807) is 0 Å². The molecule has 2 heteroatoms. The number of aromatic amines is 1. The van der Waals surface area contributed by atoms with Crippen LogP contribution in [0.3, 0.4) is 0 Å². The van der Waals surface area contributed by atoms with Crippen LogP contribution in [-0.2, 0) is 12.8 Å². The van der Waals surface area contributed by atoms with Crippen LogP contribution in [0.25, 0.3) is 15.7 Å². The molecule has 2 aromatic rings. The van der Waals surface area contributed by atoms with Crippen molar-refractivity contribution in [3.05, 3.63) is 46.9 Å². The third-order valence-electron chi connectivity index (χ3n) is 2.73. The quantitative estimate of drug-likeness (QED) is 0.731. The summed E-state index contributed by atoms with van der Waals surface area (Å²) in [6.45, 7) is 9.54. The van der Waals surface area contributed by atoms with Gasteiger partial charge in [-0.2, -0.15) is 0 Å². The Morgan fingerprint density at radius 3 is 3.00 bits per heavy atom. The number of nitrogens with zero attached hydrogens (tertiary/aromatic N) is 1. The van der Waals surface area contributed by atoms with Gasteiger partial charge in [0.05, 0.1) is 0 Å². The molecule has 15 heavy (non-hydrogen) atoms. The maximum absolute atomic E-state index is 6.81. The number of rotatable bonds is 3. The highest BCUT2D eigenvalue weighted by Crippen LogP contribution is 2.20. The van der Waals surface area contributed by atoms with E-state index in [2.05, 4.69) is 35.0 Å². The molecule has 0 aliphatic rings. The van der Waals surface area contributed by atoms with Gasteiger partial charge >= 0.3 is 0 Å². The van der Waals surface area contributed by atoms with Crippen LogP contribution < -0.4 is 0 Å². The largest absolute Gasteiger partial charge is 0.361 e. The van der Waals surface area contributed by atoms with Crippen LogP contribution in [0.5, 0.6) is 0 Å². The fourth-order valence-corrected chi connectivity index (χ4v) is 1.83. The number of aryl methyl sites for hydroxylation is 1. The SMILES string of the molecule is [C-]#[N+]CCc1c[nH]c2ccc(CC)cc12. The fraction of sp³-hybridized carbons (Fsp3) is 0.308. The normalized spacial score (nSPS) is 10.4. The zero-order valence-corrected chi connectivity index (χ0v) is 8.88. The first kappa shape index (κ1) is 9.79. The minimum atomic E-state index is 0.573. The summed E-state index contributed by atoms with van der Waals surface area (Å²) in [4.78, 5) is 6.64. The molecule has 0 spiro atoms. The molecule has 0 bridgehead atoms. The second-order valence-electron chi connectivity index (χ2n) is 3.68. The van der Waals surface area contributed by atoms with Crippen LogP contribution in [0.15, 0.2) is 24.4 Å². The fourth-order valence-electron chi connectivity index (χ4n) is 1.83. The van der Waals surface area contributed by atoms with E-state index in [0.29, 0.717) is 6.54 Å². The Morgan fingerprint density at radius 2 is 2.27 bits per heavy atom. The van der Waals surface area contributed by atoms with Crippen LogP contribution in [0.1, 0.15) is 18.1 Å². The van der Waals surface area contributed by atoms with E-state index in [-0.39, 0.29) is 0 Å². The van der Waals surface area contributed by atoms with Gasteiger partial charge in [-0.1, -0.05) is 13.0 Å². The highest BCUT2D eigenvalue weighted by atomic mass is 14.7. The lowest BCUT2D eigenvalue weighted by atomic mass is 10.1. The molecular formula is C13H14N2. The molecule has 1 N–H and O–H groups in total. The number of fused-ring (bicyclic) bond motifs is 1. The van der Waals surface area contributed by atoms with Crippen LogP contribution in [-0.4, -0.2) is 11.5 Å². The number of hydrogen-bond donors (Lipinski definition) is 1. The molecule has 1 aromatic carbocycles. The standard InChI is InChI=1S/C13H14N2/c1-3-10-4-5-13-12(8-10)11(9-15-13)6-7-14-2/h4-5,8-9,15H,3,6-7H2,1H3. The van der Waals surface area contributed by atoms with Gasteiger partial charge in [0.25, 0.3) is 0 Å². The van der Waals surface area contributed by atoms with Crippen molar-refractivity contribution in [1.29, 1.82) is 0 Å². The highest BCUT2D eigenvalue weighted by Gasteiger charge is 2.04. The zero-order chi connectivity index (χ0) is 10.7. The van der Waals surface area contributed by atoms with Crippen molar-refractivity contribution in [2.75, 3.05) is 6.54 Å². The van der Waals surface area contributed by atoms with Gasteiger partial charge in [0, 0.05) is 23.5 Å². The molecule has 1 aromatic heterocycles. The van der Waals surface area contributed by atoms with Gasteiger partial charge in [-0.25, -0.2) is 6.57 Å². The summed E-state index contributed by atoms with van der Waals surface area (Å²) in [6.07, 6.45) is 3.93. The summed E-state index contributed by atoms with van der Waals surface area (Å²) >= 11 is 0. The predicted molar refractivity (Wildman–Crippen MR) is 62.8 cm³/mol. The van der Waals surface area contributed by atoms with Gasteiger partial charge in [-0.15, -0.1) is 0 Å². The molecule has 0 saturated heterocycles. The average molecular weight is 198 g/mol. The predicted octanol–water partition coefficient (Wildman–Crippen LogP) is 3.19. The molecule has 0 saturated carbocycles. The lowest BCUT2D eigenvalue weighted by molar-refractivity contribution is 1.09. The van der Waals surface area contributed by atoms with Crippen molar-refractivity contribution >= 4 is 10.9 Å². The smallest absolute Gasteiger partial charge is 0.218 e. The van der Waals surface area contributed by atoms with Crippen molar-refractivity contribution in [1.82, 2.24) is 4.98 Å². The second kappa shape index (κ2) is 4.18. The molecule has 1 heterocycles. The minimum absolute atomic E-state index is 0.573. The summed E-state index contributed by atoms with van der Waals surface area (Å²) in [5, 5.41) is 1.28. The van der Waals surface area contributed by atoms with E-state index >= 15 is 0 Å². The Kier molecular flexibility index (Phi) is 2.73. The molecule has 2 nitrogen and oxygen atoms in total. The molecule has 76 valence electrons. The van der Waals surface area contributed by atoms with Gasteiger partial charge in [-0.05, 0) is 29.7 Å². The molecule has 0 radical (unpaired) electrons. The zero-order valence-electron chi connectivity index (χ0n) is 8.88. The molecule has 2 rings (SSSR count). The van der Waals surface area contributed by atoms with Gasteiger partial charge in [0.1, 0.15) is 0 Å². The van der Waals surface area contributed by atoms with E-state index in [0.717, 1.165) is 12.8 Å². The monoisotopic (exact) mass is 198 g/mol. The van der Waals surface area contributed by atoms with Crippen molar-refractivity contribution in [3.8, 4) is 0 Å². The summed E-state index contributed by atoms with van der Waals surface area (Å²) < 4.78 is 0. The van der Waals surface area contributed by atoms with Crippen LogP contribution in [0, 0.1) is 6.57 Å². The number of benzene rings is 1. The first-order chi connectivity index (χ1) is 7.35. The molecule has 0 atom stereocenters. The highest BCUT2D eigenvalue weighted by molar-refractivity contribution is 5.83. The van der Waals surface area contributed by atoms with Crippen LogP contribution >= 0.6 is 0 Å². The first-order valence-electron chi connectivity index (χ1n) is 5.27. The van der Waals surface area contributed by atoms with Gasteiger partial charge < -0.3 is 9.83 Å². The molecule has 0 aliphatic carbocycles. The van der Waals surface area contributed by atoms with E-state index in [9.17, 15) is 0 Å². The van der Waals surface area contributed by atoms with Crippen LogP contribution in [0.4, 0.5) is 0 Å². The first-order valence-corrected chi connectivity index (χ1v) is 5.27. The lowest BCUT2D eigenvalue weighted by Crippen LogP contribution is -1.86. The maximum Gasteiger partial charge on any atom is 0.218 e. The topological polar surface area (TPSA) is 20.1 Å². The van der Waals surface area contributed by atoms with E-state index in [1.807, 2.05) is 6.20 Å². The van der Waals surface area contributed by atoms with Crippen molar-refractivity contribution in [3.63, 3.8) is 0 Å². The van der Waals surface area contributed by atoms with E-state index in [1.165, 1.54) is 22.0 Å². The van der Waals surface area contributed by atoms with Crippen molar-refractivity contribution in [2.24, 2.45) is 0 Å². The Balaban J connectivity index is 2.43. The minimum Gasteiger partial charge on any atom is -0.361 e. The Hall–Kier alpha value is -1.75. The number of aromatic nitrogens is 1. The summed E-state index contributed by atoms with van der Waals surface area (Å²) in [5.74, 6) is 0. The van der Waals surface area contributed by atoms with E-state index < -0.39 is 0 Å².